The highest BCUT2D eigenvalue weighted by atomic mass is 35.5. The molecule has 0 saturated heterocycles. The minimum atomic E-state index is 0.0202. The quantitative estimate of drug-likeness (QED) is 0.795. The predicted octanol–water partition coefficient (Wildman–Crippen LogP) is 4.02. The van der Waals surface area contributed by atoms with E-state index in [-0.39, 0.29) is 6.04 Å². The second-order valence-corrected chi connectivity index (χ2v) is 5.33. The van der Waals surface area contributed by atoms with Crippen molar-refractivity contribution >= 4 is 23.2 Å². The lowest BCUT2D eigenvalue weighted by molar-refractivity contribution is 0.414. The van der Waals surface area contributed by atoms with E-state index in [1.54, 1.807) is 0 Å². The zero-order valence-corrected chi connectivity index (χ0v) is 12.6. The van der Waals surface area contributed by atoms with Gasteiger partial charge in [0.15, 0.2) is 0 Å². The molecule has 1 unspecified atom stereocenters. The maximum absolute atomic E-state index is 6.21. The van der Waals surface area contributed by atoms with E-state index in [0.29, 0.717) is 22.5 Å². The summed E-state index contributed by atoms with van der Waals surface area (Å²) in [5.41, 5.74) is 6.74. The molecule has 1 rings (SSSR count). The molecule has 0 heterocycles. The highest BCUT2D eigenvalue weighted by molar-refractivity contribution is 6.36. The molecule has 3 N–H and O–H groups in total. The Bertz CT molecular complexity index is 345. The van der Waals surface area contributed by atoms with Crippen molar-refractivity contribution in [3.63, 3.8) is 0 Å². The number of nitrogens with one attached hydrogen (secondary N) is 1. The van der Waals surface area contributed by atoms with Crippen LogP contribution in [-0.4, -0.2) is 13.1 Å². The third-order valence-electron chi connectivity index (χ3n) is 3.39. The van der Waals surface area contributed by atoms with E-state index in [1.807, 2.05) is 18.2 Å². The average Bonchev–Trinajstić information content (AvgIpc) is 2.37. The third kappa shape index (κ3) is 4.13. The molecule has 1 atom stereocenters. The predicted molar refractivity (Wildman–Crippen MR) is 80.3 cm³/mol. The molecule has 0 aliphatic carbocycles. The van der Waals surface area contributed by atoms with Crippen molar-refractivity contribution in [1.82, 2.24) is 5.32 Å². The van der Waals surface area contributed by atoms with Crippen LogP contribution in [0.15, 0.2) is 18.2 Å². The van der Waals surface area contributed by atoms with Gasteiger partial charge < -0.3 is 11.1 Å². The standard InChI is InChI=1S/C14H22Cl2N2/c1-3-10(4-2)9-18-13(8-17)14-11(15)6-5-7-12(14)16/h5-7,10,13,18H,3-4,8-9,17H2,1-2H3. The van der Waals surface area contributed by atoms with Gasteiger partial charge in [0.2, 0.25) is 0 Å². The Labute approximate surface area is 120 Å². The molecule has 4 heteroatoms. The summed E-state index contributed by atoms with van der Waals surface area (Å²) in [5, 5.41) is 4.83. The van der Waals surface area contributed by atoms with Gasteiger partial charge in [0.1, 0.15) is 0 Å². The van der Waals surface area contributed by atoms with Gasteiger partial charge in [0.25, 0.3) is 0 Å². The van der Waals surface area contributed by atoms with Crippen molar-refractivity contribution < 1.29 is 0 Å². The van der Waals surface area contributed by atoms with E-state index < -0.39 is 0 Å². The first kappa shape index (κ1) is 15.8. The second-order valence-electron chi connectivity index (χ2n) is 4.51. The van der Waals surface area contributed by atoms with E-state index in [0.717, 1.165) is 24.9 Å². The van der Waals surface area contributed by atoms with Crippen LogP contribution < -0.4 is 11.1 Å². The van der Waals surface area contributed by atoms with E-state index in [9.17, 15) is 0 Å². The van der Waals surface area contributed by atoms with Crippen LogP contribution >= 0.6 is 23.2 Å². The number of benzene rings is 1. The Hall–Kier alpha value is -0.280. The maximum atomic E-state index is 6.21. The molecule has 0 amide bonds. The first-order valence-corrected chi connectivity index (χ1v) is 7.26. The Morgan fingerprint density at radius 1 is 1.17 bits per heavy atom. The number of hydrogen-bond donors (Lipinski definition) is 2. The topological polar surface area (TPSA) is 38.0 Å². The summed E-state index contributed by atoms with van der Waals surface area (Å²) in [4.78, 5) is 0. The number of hydrogen-bond acceptors (Lipinski definition) is 2. The molecule has 0 aromatic heterocycles. The molecule has 18 heavy (non-hydrogen) atoms. The molecule has 0 radical (unpaired) electrons. The van der Waals surface area contributed by atoms with Crippen molar-refractivity contribution in [2.45, 2.75) is 32.7 Å². The number of halogens is 2. The summed E-state index contributed by atoms with van der Waals surface area (Å²) in [6, 6.07) is 5.57. The largest absolute Gasteiger partial charge is 0.329 e. The van der Waals surface area contributed by atoms with Crippen LogP contribution in [0.3, 0.4) is 0 Å². The number of nitrogens with two attached hydrogens (primary N) is 1. The fraction of sp³-hybridized carbons (Fsp3) is 0.571. The summed E-state index contributed by atoms with van der Waals surface area (Å²) in [6.07, 6.45) is 2.33. The van der Waals surface area contributed by atoms with Crippen LogP contribution in [0.5, 0.6) is 0 Å². The van der Waals surface area contributed by atoms with Gasteiger partial charge in [0, 0.05) is 28.2 Å². The van der Waals surface area contributed by atoms with Crippen LogP contribution in [0.25, 0.3) is 0 Å². The number of rotatable bonds is 7. The van der Waals surface area contributed by atoms with Crippen molar-refractivity contribution in [2.24, 2.45) is 11.7 Å². The van der Waals surface area contributed by atoms with Crippen molar-refractivity contribution in [2.75, 3.05) is 13.1 Å². The fourth-order valence-corrected chi connectivity index (χ4v) is 2.69. The van der Waals surface area contributed by atoms with Gasteiger partial charge in [-0.25, -0.2) is 0 Å². The first-order valence-electron chi connectivity index (χ1n) is 6.51. The molecule has 1 aromatic carbocycles. The van der Waals surface area contributed by atoms with Crippen LogP contribution in [0, 0.1) is 5.92 Å². The zero-order chi connectivity index (χ0) is 13.5. The summed E-state index contributed by atoms with van der Waals surface area (Å²) < 4.78 is 0. The van der Waals surface area contributed by atoms with Crippen molar-refractivity contribution in [3.8, 4) is 0 Å². The Balaban J connectivity index is 2.77. The molecule has 102 valence electrons. The Morgan fingerprint density at radius 3 is 2.17 bits per heavy atom. The summed E-state index contributed by atoms with van der Waals surface area (Å²) >= 11 is 12.4. The van der Waals surface area contributed by atoms with Gasteiger partial charge in [-0.05, 0) is 24.6 Å². The normalized spacial score (nSPS) is 13.0. The first-order chi connectivity index (χ1) is 8.63. The lowest BCUT2D eigenvalue weighted by Gasteiger charge is -2.22. The Morgan fingerprint density at radius 2 is 1.72 bits per heavy atom. The van der Waals surface area contributed by atoms with E-state index in [4.69, 9.17) is 28.9 Å². The molecule has 1 aromatic rings. The molecule has 0 saturated carbocycles. The van der Waals surface area contributed by atoms with Gasteiger partial charge >= 0.3 is 0 Å². The van der Waals surface area contributed by atoms with Crippen LogP contribution in [0.1, 0.15) is 38.3 Å². The van der Waals surface area contributed by atoms with Crippen molar-refractivity contribution in [3.05, 3.63) is 33.8 Å². The average molecular weight is 289 g/mol. The van der Waals surface area contributed by atoms with Gasteiger partial charge in [-0.2, -0.15) is 0 Å². The van der Waals surface area contributed by atoms with E-state index in [2.05, 4.69) is 19.2 Å². The van der Waals surface area contributed by atoms with Crippen LogP contribution in [0.2, 0.25) is 10.0 Å². The molecule has 0 aliphatic heterocycles. The molecule has 0 spiro atoms. The van der Waals surface area contributed by atoms with Crippen molar-refractivity contribution in [1.29, 1.82) is 0 Å². The lowest BCUT2D eigenvalue weighted by atomic mass is 10.0. The molecular weight excluding hydrogens is 267 g/mol. The van der Waals surface area contributed by atoms with Crippen LogP contribution in [0.4, 0.5) is 0 Å². The maximum Gasteiger partial charge on any atom is 0.0474 e. The summed E-state index contributed by atoms with van der Waals surface area (Å²) in [5.74, 6) is 0.667. The second kappa shape index (κ2) is 8.00. The molecular formula is C14H22Cl2N2. The Kier molecular flexibility index (Phi) is 7.02. The van der Waals surface area contributed by atoms with E-state index in [1.165, 1.54) is 0 Å². The lowest BCUT2D eigenvalue weighted by Crippen LogP contribution is -2.32. The smallest absolute Gasteiger partial charge is 0.0474 e. The third-order valence-corrected chi connectivity index (χ3v) is 4.05. The minimum Gasteiger partial charge on any atom is -0.329 e. The van der Waals surface area contributed by atoms with E-state index >= 15 is 0 Å². The highest BCUT2D eigenvalue weighted by Gasteiger charge is 2.17. The molecule has 0 fully saturated rings. The van der Waals surface area contributed by atoms with Gasteiger partial charge in [0.05, 0.1) is 0 Å². The van der Waals surface area contributed by atoms with Gasteiger partial charge in [-0.1, -0.05) is 56.0 Å². The summed E-state index contributed by atoms with van der Waals surface area (Å²) in [7, 11) is 0. The fourth-order valence-electron chi connectivity index (χ4n) is 2.03. The molecule has 0 aliphatic rings. The van der Waals surface area contributed by atoms with Crippen LogP contribution in [-0.2, 0) is 0 Å². The summed E-state index contributed by atoms with van der Waals surface area (Å²) in [6.45, 7) is 5.84. The highest BCUT2D eigenvalue weighted by Crippen LogP contribution is 2.30. The SMILES string of the molecule is CCC(CC)CNC(CN)c1c(Cl)cccc1Cl. The van der Waals surface area contributed by atoms with Gasteiger partial charge in [-0.3, -0.25) is 0 Å². The minimum absolute atomic E-state index is 0.0202. The van der Waals surface area contributed by atoms with Gasteiger partial charge in [-0.15, -0.1) is 0 Å². The zero-order valence-electron chi connectivity index (χ0n) is 11.0. The monoisotopic (exact) mass is 288 g/mol. The molecule has 0 bridgehead atoms. The molecule has 2 nitrogen and oxygen atoms in total.